The Morgan fingerprint density at radius 1 is 1.29 bits per heavy atom. The minimum atomic E-state index is -0.788. The van der Waals surface area contributed by atoms with Crippen LogP contribution in [0.4, 0.5) is 21.5 Å². The van der Waals surface area contributed by atoms with Crippen molar-refractivity contribution in [3.05, 3.63) is 62.9 Å². The summed E-state index contributed by atoms with van der Waals surface area (Å²) in [6.07, 6.45) is 0. The Morgan fingerprint density at radius 3 is 2.62 bits per heavy atom. The number of nitrogen functional groups attached to an aromatic ring is 1. The minimum absolute atomic E-state index is 0.117. The minimum Gasteiger partial charge on any atom is -0.399 e. The number of amides is 1. The number of rotatable bonds is 3. The van der Waals surface area contributed by atoms with E-state index in [1.807, 2.05) is 0 Å². The van der Waals surface area contributed by atoms with E-state index in [0.29, 0.717) is 0 Å². The third-order valence-corrected chi connectivity index (χ3v) is 2.81. The summed E-state index contributed by atoms with van der Waals surface area (Å²) in [7, 11) is 0. The van der Waals surface area contributed by atoms with Crippen LogP contribution in [0.15, 0.2) is 36.4 Å². The quantitative estimate of drug-likeness (QED) is 0.516. The maximum absolute atomic E-state index is 13.6. The molecule has 1 amide bonds. The van der Waals surface area contributed by atoms with Gasteiger partial charge in [0.2, 0.25) is 0 Å². The third kappa shape index (κ3) is 3.46. The number of benzene rings is 2. The molecule has 0 aliphatic carbocycles. The number of carbonyl (C=O) groups excluding carboxylic acids is 1. The van der Waals surface area contributed by atoms with Crippen LogP contribution < -0.4 is 11.1 Å². The first-order valence-electron chi connectivity index (χ1n) is 5.68. The largest absolute Gasteiger partial charge is 0.399 e. The van der Waals surface area contributed by atoms with Gasteiger partial charge in [0.15, 0.2) is 0 Å². The highest BCUT2D eigenvalue weighted by molar-refractivity contribution is 6.31. The van der Waals surface area contributed by atoms with Crippen LogP contribution in [0.2, 0.25) is 5.02 Å². The summed E-state index contributed by atoms with van der Waals surface area (Å²) in [4.78, 5) is 21.9. The maximum atomic E-state index is 13.6. The molecule has 0 radical (unpaired) electrons. The molecular weight excluding hydrogens is 301 g/mol. The van der Waals surface area contributed by atoms with Gasteiger partial charge in [0.05, 0.1) is 10.6 Å². The summed E-state index contributed by atoms with van der Waals surface area (Å²) in [5.74, 6) is -1.47. The lowest BCUT2D eigenvalue weighted by atomic mass is 10.2. The normalized spacial score (nSPS) is 10.2. The molecule has 8 heteroatoms. The molecule has 0 heterocycles. The highest BCUT2D eigenvalue weighted by Crippen LogP contribution is 2.23. The van der Waals surface area contributed by atoms with E-state index in [1.54, 1.807) is 0 Å². The van der Waals surface area contributed by atoms with Crippen molar-refractivity contribution in [1.29, 1.82) is 0 Å². The molecule has 2 aromatic carbocycles. The third-order valence-electron chi connectivity index (χ3n) is 2.59. The zero-order chi connectivity index (χ0) is 15.6. The van der Waals surface area contributed by atoms with Crippen molar-refractivity contribution < 1.29 is 14.1 Å². The second kappa shape index (κ2) is 5.76. The number of halogens is 2. The summed E-state index contributed by atoms with van der Waals surface area (Å²) in [6, 6.07) is 6.99. The summed E-state index contributed by atoms with van der Waals surface area (Å²) < 4.78 is 13.6. The second-order valence-electron chi connectivity index (χ2n) is 4.15. The van der Waals surface area contributed by atoms with Gasteiger partial charge in [-0.25, -0.2) is 4.39 Å². The molecule has 0 atom stereocenters. The molecule has 0 bridgehead atoms. The van der Waals surface area contributed by atoms with E-state index >= 15 is 0 Å². The first-order chi connectivity index (χ1) is 9.86. The molecule has 108 valence electrons. The Morgan fingerprint density at radius 2 is 2.00 bits per heavy atom. The van der Waals surface area contributed by atoms with E-state index < -0.39 is 16.6 Å². The average molecular weight is 310 g/mol. The number of non-ortho nitro benzene ring substituents is 1. The number of nitro groups is 1. The highest BCUT2D eigenvalue weighted by Gasteiger charge is 2.14. The molecule has 2 aromatic rings. The van der Waals surface area contributed by atoms with Crippen molar-refractivity contribution in [2.24, 2.45) is 0 Å². The molecule has 0 unspecified atom stereocenters. The topological polar surface area (TPSA) is 98.3 Å². The van der Waals surface area contributed by atoms with Gasteiger partial charge in [-0.2, -0.15) is 0 Å². The van der Waals surface area contributed by atoms with E-state index in [2.05, 4.69) is 5.32 Å². The van der Waals surface area contributed by atoms with Crippen LogP contribution in [0.1, 0.15) is 10.4 Å². The Kier molecular flexibility index (Phi) is 4.04. The zero-order valence-electron chi connectivity index (χ0n) is 10.5. The van der Waals surface area contributed by atoms with Crippen LogP contribution in [0, 0.1) is 15.9 Å². The molecule has 0 fully saturated rings. The summed E-state index contributed by atoms with van der Waals surface area (Å²) in [6.45, 7) is 0. The van der Waals surface area contributed by atoms with Crippen LogP contribution in [-0.4, -0.2) is 10.8 Å². The lowest BCUT2D eigenvalue weighted by Crippen LogP contribution is -2.13. The molecule has 3 N–H and O–H groups in total. The molecule has 2 rings (SSSR count). The fourth-order valence-corrected chi connectivity index (χ4v) is 1.90. The van der Waals surface area contributed by atoms with Gasteiger partial charge in [-0.3, -0.25) is 14.9 Å². The lowest BCUT2D eigenvalue weighted by Gasteiger charge is -2.07. The molecular formula is C13H9ClFN3O3. The first kappa shape index (κ1) is 14.7. The first-order valence-corrected chi connectivity index (χ1v) is 6.06. The summed E-state index contributed by atoms with van der Waals surface area (Å²) in [5.41, 5.74) is 5.31. The van der Waals surface area contributed by atoms with Gasteiger partial charge in [0, 0.05) is 28.4 Å². The second-order valence-corrected chi connectivity index (χ2v) is 4.59. The van der Waals surface area contributed by atoms with Crippen LogP contribution >= 0.6 is 11.6 Å². The monoisotopic (exact) mass is 309 g/mol. The molecule has 0 aliphatic rings. The Balaban J connectivity index is 2.31. The van der Waals surface area contributed by atoms with Crippen molar-refractivity contribution >= 4 is 34.6 Å². The molecule has 0 saturated carbocycles. The molecule has 0 saturated heterocycles. The Labute approximate surface area is 123 Å². The van der Waals surface area contributed by atoms with E-state index in [1.165, 1.54) is 18.2 Å². The predicted molar refractivity (Wildman–Crippen MR) is 76.9 cm³/mol. The van der Waals surface area contributed by atoms with Crippen molar-refractivity contribution in [3.8, 4) is 0 Å². The zero-order valence-corrected chi connectivity index (χ0v) is 11.2. The van der Waals surface area contributed by atoms with Crippen molar-refractivity contribution in [2.45, 2.75) is 0 Å². The van der Waals surface area contributed by atoms with Crippen LogP contribution in [0.5, 0.6) is 0 Å². The predicted octanol–water partition coefficient (Wildman–Crippen LogP) is 3.22. The van der Waals surface area contributed by atoms with Crippen molar-refractivity contribution in [1.82, 2.24) is 0 Å². The van der Waals surface area contributed by atoms with Gasteiger partial charge in [-0.05, 0) is 24.3 Å². The Bertz CT molecular complexity index is 716. The highest BCUT2D eigenvalue weighted by atomic mass is 35.5. The van der Waals surface area contributed by atoms with Gasteiger partial charge in [0.1, 0.15) is 5.82 Å². The van der Waals surface area contributed by atoms with E-state index in [-0.39, 0.29) is 27.6 Å². The number of nitrogens with two attached hydrogens (primary N) is 1. The number of hydrogen-bond acceptors (Lipinski definition) is 4. The SMILES string of the molecule is Nc1cc(Cl)cc(C(=O)Nc2cc([N+](=O)[O-])ccc2F)c1. The van der Waals surface area contributed by atoms with E-state index in [0.717, 1.165) is 18.2 Å². The Hall–Kier alpha value is -2.67. The average Bonchev–Trinajstić information content (AvgIpc) is 2.39. The van der Waals surface area contributed by atoms with Crippen molar-refractivity contribution in [2.75, 3.05) is 11.1 Å². The van der Waals surface area contributed by atoms with Gasteiger partial charge in [-0.15, -0.1) is 0 Å². The van der Waals surface area contributed by atoms with Crippen molar-refractivity contribution in [3.63, 3.8) is 0 Å². The smallest absolute Gasteiger partial charge is 0.271 e. The fourth-order valence-electron chi connectivity index (χ4n) is 1.66. The summed E-state index contributed by atoms with van der Waals surface area (Å²) >= 11 is 5.77. The van der Waals surface area contributed by atoms with Gasteiger partial charge >= 0.3 is 0 Å². The van der Waals surface area contributed by atoms with Crippen LogP contribution in [0.25, 0.3) is 0 Å². The standard InChI is InChI=1S/C13H9ClFN3O3/c14-8-3-7(4-9(16)5-8)13(19)17-12-6-10(18(20)21)1-2-11(12)15/h1-6H,16H2,(H,17,19). The lowest BCUT2D eigenvalue weighted by molar-refractivity contribution is -0.384. The van der Waals surface area contributed by atoms with Gasteiger partial charge in [-0.1, -0.05) is 11.6 Å². The summed E-state index contributed by atoms with van der Waals surface area (Å²) in [5, 5.41) is 13.1. The van der Waals surface area contributed by atoms with Crippen LogP contribution in [-0.2, 0) is 0 Å². The number of nitrogens with one attached hydrogen (secondary N) is 1. The van der Waals surface area contributed by atoms with E-state index in [9.17, 15) is 19.3 Å². The molecule has 0 aliphatic heterocycles. The maximum Gasteiger partial charge on any atom is 0.271 e. The molecule has 0 aromatic heterocycles. The number of nitrogens with zero attached hydrogens (tertiary/aromatic N) is 1. The number of carbonyl (C=O) groups is 1. The number of hydrogen-bond donors (Lipinski definition) is 2. The van der Waals surface area contributed by atoms with Crippen LogP contribution in [0.3, 0.4) is 0 Å². The molecule has 6 nitrogen and oxygen atoms in total. The molecule has 0 spiro atoms. The number of nitro benzene ring substituents is 1. The molecule has 21 heavy (non-hydrogen) atoms. The van der Waals surface area contributed by atoms with Gasteiger partial charge in [0.25, 0.3) is 11.6 Å². The fraction of sp³-hybridized carbons (Fsp3) is 0. The number of anilines is 2. The van der Waals surface area contributed by atoms with Gasteiger partial charge < -0.3 is 11.1 Å². The van der Waals surface area contributed by atoms with E-state index in [4.69, 9.17) is 17.3 Å².